The summed E-state index contributed by atoms with van der Waals surface area (Å²) in [7, 11) is 1.29. The molecule has 1 unspecified atom stereocenters. The Morgan fingerprint density at radius 2 is 1.84 bits per heavy atom. The summed E-state index contributed by atoms with van der Waals surface area (Å²) in [6.07, 6.45) is 0. The Labute approximate surface area is 151 Å². The Bertz CT molecular complexity index is 731. The summed E-state index contributed by atoms with van der Waals surface area (Å²) < 4.78 is 18.9. The van der Waals surface area contributed by atoms with Crippen LogP contribution in [-0.2, 0) is 16.1 Å². The van der Waals surface area contributed by atoms with Crippen LogP contribution in [0.1, 0.15) is 22.8 Å². The minimum Gasteiger partial charge on any atom is -0.469 e. The number of nitrogens with zero attached hydrogens (tertiary/aromatic N) is 1. The van der Waals surface area contributed by atoms with E-state index in [0.29, 0.717) is 0 Å². The van der Waals surface area contributed by atoms with Crippen molar-refractivity contribution in [3.8, 4) is 0 Å². The molecule has 0 bridgehead atoms. The highest BCUT2D eigenvalue weighted by atomic mass is 35.5. The standard InChI is InChI=1S/C19H19ClFNO3/c1-13(19(24)25-2)11-22(12-14-7-4-3-5-8-14)18(23)17-15(20)9-6-10-16(17)21/h3-10,13H,11-12H2,1-2H3. The monoisotopic (exact) mass is 363 g/mol. The number of esters is 1. The molecule has 132 valence electrons. The molecule has 0 heterocycles. The highest BCUT2D eigenvalue weighted by Crippen LogP contribution is 2.22. The molecular formula is C19H19ClFNO3. The van der Waals surface area contributed by atoms with Gasteiger partial charge in [0.15, 0.2) is 0 Å². The molecule has 1 atom stereocenters. The van der Waals surface area contributed by atoms with Gasteiger partial charge < -0.3 is 9.64 Å². The smallest absolute Gasteiger partial charge is 0.310 e. The molecule has 2 aromatic carbocycles. The number of ether oxygens (including phenoxy) is 1. The molecule has 0 aromatic heterocycles. The van der Waals surface area contributed by atoms with Gasteiger partial charge in [-0.1, -0.05) is 54.9 Å². The Morgan fingerprint density at radius 1 is 1.16 bits per heavy atom. The molecular weight excluding hydrogens is 345 g/mol. The van der Waals surface area contributed by atoms with Gasteiger partial charge in [0.05, 0.1) is 23.6 Å². The summed E-state index contributed by atoms with van der Waals surface area (Å²) in [5, 5.41) is 0.0359. The molecule has 0 saturated carbocycles. The fraction of sp³-hybridized carbons (Fsp3) is 0.263. The first-order chi connectivity index (χ1) is 11.9. The number of rotatable bonds is 6. The topological polar surface area (TPSA) is 46.6 Å². The summed E-state index contributed by atoms with van der Waals surface area (Å²) in [5.74, 6) is -2.25. The van der Waals surface area contributed by atoms with Crippen molar-refractivity contribution in [1.29, 1.82) is 0 Å². The van der Waals surface area contributed by atoms with Crippen LogP contribution in [0.4, 0.5) is 4.39 Å². The third kappa shape index (κ3) is 4.79. The number of amides is 1. The van der Waals surface area contributed by atoms with Crippen molar-refractivity contribution in [3.05, 3.63) is 70.5 Å². The molecule has 6 heteroatoms. The van der Waals surface area contributed by atoms with E-state index in [2.05, 4.69) is 0 Å². The van der Waals surface area contributed by atoms with Crippen molar-refractivity contribution < 1.29 is 18.7 Å². The average Bonchev–Trinajstić information content (AvgIpc) is 2.61. The van der Waals surface area contributed by atoms with Crippen LogP contribution in [0.5, 0.6) is 0 Å². The van der Waals surface area contributed by atoms with Gasteiger partial charge in [-0.25, -0.2) is 4.39 Å². The predicted molar refractivity (Wildman–Crippen MR) is 93.8 cm³/mol. The van der Waals surface area contributed by atoms with Gasteiger partial charge in [-0.15, -0.1) is 0 Å². The first-order valence-corrected chi connectivity index (χ1v) is 8.17. The van der Waals surface area contributed by atoms with Gasteiger partial charge in [0.25, 0.3) is 5.91 Å². The van der Waals surface area contributed by atoms with E-state index in [0.717, 1.165) is 5.56 Å². The number of benzene rings is 2. The molecule has 2 rings (SSSR count). The summed E-state index contributed by atoms with van der Waals surface area (Å²) in [5.41, 5.74) is 0.664. The number of carbonyl (C=O) groups is 2. The lowest BCUT2D eigenvalue weighted by atomic mass is 10.1. The van der Waals surface area contributed by atoms with Crippen molar-refractivity contribution in [2.45, 2.75) is 13.5 Å². The van der Waals surface area contributed by atoms with Crippen molar-refractivity contribution in [1.82, 2.24) is 4.90 Å². The maximum atomic E-state index is 14.1. The molecule has 1 amide bonds. The predicted octanol–water partition coefficient (Wildman–Crippen LogP) is 3.93. The Morgan fingerprint density at radius 3 is 2.44 bits per heavy atom. The summed E-state index contributed by atoms with van der Waals surface area (Å²) >= 11 is 6.02. The number of methoxy groups -OCH3 is 1. The number of hydrogen-bond acceptors (Lipinski definition) is 3. The summed E-state index contributed by atoms with van der Waals surface area (Å²) in [6.45, 7) is 1.97. The van der Waals surface area contributed by atoms with Crippen molar-refractivity contribution >= 4 is 23.5 Å². The van der Waals surface area contributed by atoms with Crippen LogP contribution in [0.15, 0.2) is 48.5 Å². The third-order valence-corrected chi connectivity index (χ3v) is 4.09. The van der Waals surface area contributed by atoms with E-state index in [4.69, 9.17) is 16.3 Å². The van der Waals surface area contributed by atoms with Crippen LogP contribution >= 0.6 is 11.6 Å². The fourth-order valence-electron chi connectivity index (χ4n) is 2.49. The minimum absolute atomic E-state index is 0.0359. The molecule has 0 spiro atoms. The molecule has 0 saturated heterocycles. The Kier molecular flexibility index (Phi) is 6.53. The van der Waals surface area contributed by atoms with Gasteiger partial charge in [-0.3, -0.25) is 9.59 Å². The lowest BCUT2D eigenvalue weighted by Crippen LogP contribution is -2.37. The lowest BCUT2D eigenvalue weighted by Gasteiger charge is -2.26. The largest absolute Gasteiger partial charge is 0.469 e. The van der Waals surface area contributed by atoms with E-state index in [9.17, 15) is 14.0 Å². The molecule has 0 aliphatic carbocycles. The van der Waals surface area contributed by atoms with Crippen LogP contribution in [-0.4, -0.2) is 30.4 Å². The molecule has 0 aliphatic heterocycles. The molecule has 4 nitrogen and oxygen atoms in total. The van der Waals surface area contributed by atoms with Crippen LogP contribution in [0, 0.1) is 11.7 Å². The van der Waals surface area contributed by atoms with Gasteiger partial charge in [-0.2, -0.15) is 0 Å². The van der Waals surface area contributed by atoms with Gasteiger partial charge in [-0.05, 0) is 17.7 Å². The van der Waals surface area contributed by atoms with Crippen molar-refractivity contribution in [2.75, 3.05) is 13.7 Å². The fourth-order valence-corrected chi connectivity index (χ4v) is 2.73. The van der Waals surface area contributed by atoms with E-state index in [1.54, 1.807) is 6.92 Å². The zero-order valence-electron chi connectivity index (χ0n) is 14.0. The first kappa shape index (κ1) is 18.9. The van der Waals surface area contributed by atoms with Gasteiger partial charge in [0, 0.05) is 13.1 Å². The van der Waals surface area contributed by atoms with Crippen LogP contribution in [0.25, 0.3) is 0 Å². The van der Waals surface area contributed by atoms with Crippen molar-refractivity contribution in [2.24, 2.45) is 5.92 Å². The molecule has 0 aliphatic rings. The summed E-state index contributed by atoms with van der Waals surface area (Å²) in [4.78, 5) is 26.0. The quantitative estimate of drug-likeness (QED) is 0.730. The molecule has 0 fully saturated rings. The highest BCUT2D eigenvalue weighted by molar-refractivity contribution is 6.33. The second kappa shape index (κ2) is 8.62. The van der Waals surface area contributed by atoms with Gasteiger partial charge in [0.2, 0.25) is 0 Å². The van der Waals surface area contributed by atoms with E-state index in [1.807, 2.05) is 30.3 Å². The minimum atomic E-state index is -0.693. The normalized spacial score (nSPS) is 11.7. The second-order valence-corrected chi connectivity index (χ2v) is 6.10. The maximum Gasteiger partial charge on any atom is 0.310 e. The van der Waals surface area contributed by atoms with E-state index in [1.165, 1.54) is 30.2 Å². The van der Waals surface area contributed by atoms with Crippen LogP contribution < -0.4 is 0 Å². The number of carbonyl (C=O) groups excluding carboxylic acids is 2. The van der Waals surface area contributed by atoms with Gasteiger partial charge >= 0.3 is 5.97 Å². The summed E-state index contributed by atoms with van der Waals surface area (Å²) in [6, 6.07) is 13.3. The third-order valence-electron chi connectivity index (χ3n) is 3.78. The molecule has 2 aromatic rings. The van der Waals surface area contributed by atoms with Gasteiger partial charge in [0.1, 0.15) is 5.82 Å². The van der Waals surface area contributed by atoms with E-state index >= 15 is 0 Å². The SMILES string of the molecule is COC(=O)C(C)CN(Cc1ccccc1)C(=O)c1c(F)cccc1Cl. The Hall–Kier alpha value is -2.40. The first-order valence-electron chi connectivity index (χ1n) is 7.79. The molecule has 0 N–H and O–H groups in total. The lowest BCUT2D eigenvalue weighted by molar-refractivity contribution is -0.145. The Balaban J connectivity index is 2.33. The zero-order valence-corrected chi connectivity index (χ0v) is 14.8. The van der Waals surface area contributed by atoms with Crippen LogP contribution in [0.2, 0.25) is 5.02 Å². The average molecular weight is 364 g/mol. The maximum absolute atomic E-state index is 14.1. The number of hydrogen-bond donors (Lipinski definition) is 0. The van der Waals surface area contributed by atoms with Crippen molar-refractivity contribution in [3.63, 3.8) is 0 Å². The zero-order chi connectivity index (χ0) is 18.4. The van der Waals surface area contributed by atoms with Crippen LogP contribution in [0.3, 0.4) is 0 Å². The van der Waals surface area contributed by atoms with E-state index < -0.39 is 23.6 Å². The molecule has 25 heavy (non-hydrogen) atoms. The second-order valence-electron chi connectivity index (χ2n) is 5.69. The van der Waals surface area contributed by atoms with E-state index in [-0.39, 0.29) is 23.7 Å². The highest BCUT2D eigenvalue weighted by Gasteiger charge is 2.26. The molecule has 0 radical (unpaired) electrons. The number of halogens is 2.